The van der Waals surface area contributed by atoms with E-state index in [0.717, 1.165) is 19.3 Å². The molecule has 2 aliphatic heterocycles. The normalized spacial score (nSPS) is 14.0. The number of nitrogens with zero attached hydrogens (tertiary/aromatic N) is 3. The van der Waals surface area contributed by atoms with E-state index in [-0.39, 0.29) is 11.5 Å². The summed E-state index contributed by atoms with van der Waals surface area (Å²) in [6.45, 7) is 3.24. The third-order valence-electron chi connectivity index (χ3n) is 5.45. The number of fused-ring (bicyclic) bond motifs is 1. The van der Waals surface area contributed by atoms with Crippen LogP contribution in [0.1, 0.15) is 49.4 Å². The Kier molecular flexibility index (Phi) is 5.60. The quantitative estimate of drug-likeness (QED) is 0.651. The molecular weight excluding hydrogens is 364 g/mol. The summed E-state index contributed by atoms with van der Waals surface area (Å²) >= 11 is 0. The number of amides is 1. The van der Waals surface area contributed by atoms with Crippen LogP contribution in [0.4, 0.5) is 0 Å². The second kappa shape index (κ2) is 8.47. The van der Waals surface area contributed by atoms with Crippen molar-refractivity contribution >= 4 is 5.91 Å². The molecule has 3 aliphatic rings. The molecule has 1 aromatic rings. The molecule has 0 radical (unpaired) electrons. The van der Waals surface area contributed by atoms with Crippen molar-refractivity contribution in [1.29, 1.82) is 0 Å². The number of hydrogen-bond acceptors (Lipinski definition) is 3. The van der Waals surface area contributed by atoms with Crippen LogP contribution in [0, 0.1) is 0 Å². The van der Waals surface area contributed by atoms with Crippen molar-refractivity contribution < 1.29 is 4.79 Å². The van der Waals surface area contributed by atoms with E-state index in [2.05, 4.69) is 16.5 Å². The Balaban J connectivity index is 1.63. The van der Waals surface area contributed by atoms with Crippen LogP contribution in [0.2, 0.25) is 0 Å². The first kappa shape index (κ1) is 19.2. The van der Waals surface area contributed by atoms with Gasteiger partial charge in [0, 0.05) is 25.5 Å². The molecule has 0 unspecified atom stereocenters. The molecular formula is C23H26N4O2. The Morgan fingerprint density at radius 1 is 1.17 bits per heavy atom. The minimum atomic E-state index is -0.213. The highest BCUT2D eigenvalue weighted by Gasteiger charge is 2.24. The van der Waals surface area contributed by atoms with Gasteiger partial charge >= 0.3 is 0 Å². The smallest absolute Gasteiger partial charge is 0.282 e. The van der Waals surface area contributed by atoms with E-state index in [1.807, 2.05) is 41.8 Å². The number of carbonyl (C=O) groups is 1. The van der Waals surface area contributed by atoms with Gasteiger partial charge in [0.1, 0.15) is 5.69 Å². The van der Waals surface area contributed by atoms with E-state index in [4.69, 9.17) is 0 Å². The average molecular weight is 390 g/mol. The number of rotatable bonds is 6. The summed E-state index contributed by atoms with van der Waals surface area (Å²) in [7, 11) is 0. The molecule has 0 bridgehead atoms. The summed E-state index contributed by atoms with van der Waals surface area (Å²) in [6.07, 6.45) is 11.5. The van der Waals surface area contributed by atoms with Gasteiger partial charge in [-0.05, 0) is 51.2 Å². The van der Waals surface area contributed by atoms with E-state index in [9.17, 15) is 9.59 Å². The third-order valence-corrected chi connectivity index (χ3v) is 5.45. The van der Waals surface area contributed by atoms with Crippen LogP contribution in [-0.2, 0) is 6.54 Å². The fourth-order valence-corrected chi connectivity index (χ4v) is 3.82. The molecule has 0 saturated heterocycles. The van der Waals surface area contributed by atoms with Crippen molar-refractivity contribution in [2.24, 2.45) is 0 Å². The maximum absolute atomic E-state index is 12.9. The van der Waals surface area contributed by atoms with Crippen molar-refractivity contribution in [2.75, 3.05) is 6.54 Å². The topological polar surface area (TPSA) is 68.9 Å². The molecule has 6 nitrogen and oxygen atoms in total. The van der Waals surface area contributed by atoms with Crippen LogP contribution in [0.15, 0.2) is 59.2 Å². The number of hydrogen-bond donors (Lipinski definition) is 1. The van der Waals surface area contributed by atoms with Crippen LogP contribution >= 0.6 is 0 Å². The molecule has 1 N–H and O–H groups in total. The van der Waals surface area contributed by atoms with Crippen molar-refractivity contribution in [3.63, 3.8) is 0 Å². The number of nitrogens with one attached hydrogen (secondary N) is 1. The van der Waals surface area contributed by atoms with Crippen LogP contribution in [0.5, 0.6) is 0 Å². The first-order valence-corrected chi connectivity index (χ1v) is 10.3. The first-order valence-electron chi connectivity index (χ1n) is 10.3. The van der Waals surface area contributed by atoms with Gasteiger partial charge in [0.2, 0.25) is 0 Å². The van der Waals surface area contributed by atoms with Gasteiger partial charge in [0.05, 0.1) is 16.8 Å². The highest BCUT2D eigenvalue weighted by molar-refractivity contribution is 5.99. The second-order valence-corrected chi connectivity index (χ2v) is 7.43. The number of aryl methyl sites for hydroxylation is 1. The predicted octanol–water partition coefficient (Wildman–Crippen LogP) is 3.78. The summed E-state index contributed by atoms with van der Waals surface area (Å²) in [6, 6.07) is 9.28. The summed E-state index contributed by atoms with van der Waals surface area (Å²) < 4.78 is 3.23. The lowest BCUT2D eigenvalue weighted by molar-refractivity contribution is 0.0953. The zero-order valence-electron chi connectivity index (χ0n) is 16.7. The van der Waals surface area contributed by atoms with E-state index in [1.165, 1.54) is 23.1 Å². The Hall–Kier alpha value is -3.15. The summed E-state index contributed by atoms with van der Waals surface area (Å²) in [5.74, 6) is -0.188. The minimum absolute atomic E-state index is 0.188. The van der Waals surface area contributed by atoms with Gasteiger partial charge in [0.25, 0.3) is 11.5 Å². The minimum Gasteiger partial charge on any atom is -0.353 e. The van der Waals surface area contributed by atoms with Crippen LogP contribution in [-0.4, -0.2) is 26.8 Å². The molecule has 0 spiro atoms. The van der Waals surface area contributed by atoms with Crippen molar-refractivity contribution in [2.45, 2.75) is 45.6 Å². The molecule has 1 aromatic carbocycles. The van der Waals surface area contributed by atoms with Gasteiger partial charge in [-0.1, -0.05) is 29.8 Å². The number of benzene rings is 1. The molecule has 1 amide bonds. The fourth-order valence-electron chi connectivity index (χ4n) is 3.82. The summed E-state index contributed by atoms with van der Waals surface area (Å²) in [5, 5.41) is 7.51. The Morgan fingerprint density at radius 2 is 2.00 bits per heavy atom. The van der Waals surface area contributed by atoms with Gasteiger partial charge in [-0.2, -0.15) is 9.78 Å². The Labute approximate surface area is 170 Å². The number of pyridine rings is 1. The van der Waals surface area contributed by atoms with E-state index >= 15 is 0 Å². The average Bonchev–Trinajstić information content (AvgIpc) is 3.11. The van der Waals surface area contributed by atoms with Gasteiger partial charge in [-0.15, -0.1) is 0 Å². The molecule has 2 heterocycles. The first-order chi connectivity index (χ1) is 14.2. The number of carbonyl (C=O) groups excluding carboxylic acids is 1. The van der Waals surface area contributed by atoms with Crippen LogP contribution < -0.4 is 10.9 Å². The monoisotopic (exact) mass is 390 g/mol. The predicted molar refractivity (Wildman–Crippen MR) is 114 cm³/mol. The van der Waals surface area contributed by atoms with Crippen molar-refractivity contribution in [1.82, 2.24) is 19.7 Å². The molecule has 1 aliphatic carbocycles. The highest BCUT2D eigenvalue weighted by atomic mass is 16.2. The van der Waals surface area contributed by atoms with Crippen LogP contribution in [0.25, 0.3) is 16.9 Å². The molecule has 4 rings (SSSR count). The van der Waals surface area contributed by atoms with Gasteiger partial charge in [-0.25, -0.2) is 0 Å². The highest BCUT2D eigenvalue weighted by Crippen LogP contribution is 2.23. The second-order valence-electron chi connectivity index (χ2n) is 7.43. The summed E-state index contributed by atoms with van der Waals surface area (Å²) in [5.41, 5.74) is 3.24. The number of aromatic nitrogens is 3. The lowest BCUT2D eigenvalue weighted by atomic mass is 9.97. The van der Waals surface area contributed by atoms with Crippen molar-refractivity contribution in [3.05, 3.63) is 70.3 Å². The van der Waals surface area contributed by atoms with Gasteiger partial charge in [-0.3, -0.25) is 9.59 Å². The van der Waals surface area contributed by atoms with E-state index < -0.39 is 0 Å². The van der Waals surface area contributed by atoms with Gasteiger partial charge in [0.15, 0.2) is 0 Å². The van der Waals surface area contributed by atoms with Crippen LogP contribution in [0.3, 0.4) is 0 Å². The molecule has 0 saturated carbocycles. The molecule has 29 heavy (non-hydrogen) atoms. The van der Waals surface area contributed by atoms with E-state index in [0.29, 0.717) is 35.6 Å². The lowest BCUT2D eigenvalue weighted by Gasteiger charge is -2.14. The molecule has 0 aromatic heterocycles. The maximum atomic E-state index is 12.9. The number of allylic oxidation sites excluding steroid dienone is 1. The molecule has 0 atom stereocenters. The van der Waals surface area contributed by atoms with Crippen molar-refractivity contribution in [3.8, 4) is 16.9 Å². The molecule has 6 heteroatoms. The Bertz CT molecular complexity index is 1060. The zero-order valence-corrected chi connectivity index (χ0v) is 16.7. The van der Waals surface area contributed by atoms with E-state index in [1.54, 1.807) is 12.4 Å². The third kappa shape index (κ3) is 4.01. The number of para-hydroxylation sites is 1. The largest absolute Gasteiger partial charge is 0.353 e. The SMILES string of the molecule is CCn1cc(C(=O)NCCC2=CCCCC2)c2nn(-c3ccccc3)c(=O)c-2c1. The summed E-state index contributed by atoms with van der Waals surface area (Å²) in [4.78, 5) is 25.9. The fraction of sp³-hybridized carbons (Fsp3) is 0.348. The lowest BCUT2D eigenvalue weighted by Crippen LogP contribution is -2.26. The van der Waals surface area contributed by atoms with Gasteiger partial charge < -0.3 is 9.88 Å². The Morgan fingerprint density at radius 3 is 2.72 bits per heavy atom. The molecule has 0 fully saturated rings. The standard InChI is InChI=1S/C23H26N4O2/c1-2-26-15-19(22(28)24-14-13-17-9-5-3-6-10-17)21-20(16-26)23(29)27(25-21)18-11-7-4-8-12-18/h4,7-9,11-12,15-16H,2-3,5-6,10,13-14H2,1H3,(H,24,28). The maximum Gasteiger partial charge on any atom is 0.282 e. The molecule has 150 valence electrons. The zero-order chi connectivity index (χ0) is 20.2.